The van der Waals surface area contributed by atoms with Crippen LogP contribution in [0.15, 0.2) is 28.1 Å². The molecular weight excluding hydrogens is 499 g/mol. The molecule has 0 saturated carbocycles. The summed E-state index contributed by atoms with van der Waals surface area (Å²) in [7, 11) is -1.42. The lowest BCUT2D eigenvalue weighted by molar-refractivity contribution is 0.191. The summed E-state index contributed by atoms with van der Waals surface area (Å²) in [6, 6.07) is 5.90. The molecule has 29 heavy (non-hydrogen) atoms. The van der Waals surface area contributed by atoms with Crippen molar-refractivity contribution >= 4 is 39.8 Å². The van der Waals surface area contributed by atoms with E-state index in [4.69, 9.17) is 0 Å². The van der Waals surface area contributed by atoms with Gasteiger partial charge in [0.15, 0.2) is 15.8 Å². The summed E-state index contributed by atoms with van der Waals surface area (Å²) < 4.78 is 23.5. The van der Waals surface area contributed by atoms with E-state index in [2.05, 4.69) is 48.2 Å². The van der Waals surface area contributed by atoms with E-state index in [1.54, 1.807) is 13.1 Å². The van der Waals surface area contributed by atoms with Crippen molar-refractivity contribution in [3.63, 3.8) is 0 Å². The molecule has 0 aliphatic rings. The third-order valence-corrected chi connectivity index (χ3v) is 6.16. The number of benzene rings is 1. The summed E-state index contributed by atoms with van der Waals surface area (Å²) in [5, 5.41) is 6.77. The van der Waals surface area contributed by atoms with E-state index in [1.807, 2.05) is 19.1 Å². The Kier molecular flexibility index (Phi) is 13.0. The van der Waals surface area contributed by atoms with Crippen LogP contribution >= 0.6 is 24.0 Å². The van der Waals surface area contributed by atoms with Crippen molar-refractivity contribution in [2.45, 2.75) is 58.5 Å². The van der Waals surface area contributed by atoms with E-state index in [0.29, 0.717) is 23.4 Å². The minimum atomic E-state index is -3.19. The largest absolute Gasteiger partial charge is 0.355 e. The maximum atomic E-state index is 11.8. The van der Waals surface area contributed by atoms with Crippen LogP contribution in [0.2, 0.25) is 0 Å². The second kappa shape index (κ2) is 13.4. The first-order valence-electron chi connectivity index (χ1n) is 10.1. The number of rotatable bonds is 10. The fraction of sp³-hybridized carbons (Fsp3) is 0.667. The molecule has 1 rings (SSSR count). The van der Waals surface area contributed by atoms with Crippen LogP contribution in [0.5, 0.6) is 0 Å². The summed E-state index contributed by atoms with van der Waals surface area (Å²) >= 11 is 0. The number of nitrogens with zero attached hydrogens (tertiary/aromatic N) is 2. The maximum Gasteiger partial charge on any atom is 0.191 e. The van der Waals surface area contributed by atoms with E-state index in [9.17, 15) is 8.42 Å². The van der Waals surface area contributed by atoms with Gasteiger partial charge in [-0.2, -0.15) is 0 Å². The molecule has 0 radical (unpaired) electrons. The molecule has 8 heteroatoms. The first-order valence-corrected chi connectivity index (χ1v) is 12.0. The number of nitrogens with one attached hydrogen (secondary N) is 2. The van der Waals surface area contributed by atoms with Crippen LogP contribution in [0, 0.1) is 12.8 Å². The summed E-state index contributed by atoms with van der Waals surface area (Å²) in [6.45, 7) is 14.2. The fourth-order valence-electron chi connectivity index (χ4n) is 3.50. The highest BCUT2D eigenvalue weighted by molar-refractivity contribution is 14.0. The molecule has 168 valence electrons. The van der Waals surface area contributed by atoms with E-state index in [-0.39, 0.29) is 24.0 Å². The number of sulfone groups is 1. The average molecular weight is 539 g/mol. The van der Waals surface area contributed by atoms with Gasteiger partial charge >= 0.3 is 0 Å². The summed E-state index contributed by atoms with van der Waals surface area (Å²) in [5.41, 5.74) is 1.79. The van der Waals surface area contributed by atoms with Crippen LogP contribution in [0.1, 0.15) is 45.2 Å². The normalized spacial score (nSPS) is 13.3. The average Bonchev–Trinajstić information content (AvgIpc) is 2.61. The molecule has 0 heterocycles. The molecule has 1 aromatic carbocycles. The highest BCUT2D eigenvalue weighted by Gasteiger charge is 2.17. The zero-order valence-corrected chi connectivity index (χ0v) is 22.1. The molecule has 0 amide bonds. The lowest BCUT2D eigenvalue weighted by Gasteiger charge is -2.31. The number of likely N-dealkylation sites (N-methyl/N-ethyl adjacent to an activating group) is 1. The number of aryl methyl sites for hydroxylation is 1. The standard InChI is InChI=1S/C21H38N4O2S.HI/c1-8-25(9-2)19(12-16(3)4)15-24-21(22-6)23-14-18-10-11-20(17(5)13-18)28(7,26)27;/h10-11,13,16,19H,8-9,12,14-15H2,1-7H3,(H2,22,23,24);1H. The molecule has 0 bridgehead atoms. The van der Waals surface area contributed by atoms with Crippen molar-refractivity contribution in [2.24, 2.45) is 10.9 Å². The molecule has 0 spiro atoms. The van der Waals surface area contributed by atoms with Gasteiger partial charge in [0.05, 0.1) is 4.90 Å². The van der Waals surface area contributed by atoms with Crippen molar-refractivity contribution in [3.8, 4) is 0 Å². The molecule has 0 saturated heterocycles. The Balaban J connectivity index is 0.00000784. The zero-order valence-electron chi connectivity index (χ0n) is 18.9. The Morgan fingerprint density at radius 3 is 2.24 bits per heavy atom. The summed E-state index contributed by atoms with van der Waals surface area (Å²) in [4.78, 5) is 7.19. The number of guanidine groups is 1. The summed E-state index contributed by atoms with van der Waals surface area (Å²) in [6.07, 6.45) is 2.38. The summed E-state index contributed by atoms with van der Waals surface area (Å²) in [5.74, 6) is 1.39. The number of hydrogen-bond donors (Lipinski definition) is 2. The Hall–Kier alpha value is -0.870. The van der Waals surface area contributed by atoms with Crippen LogP contribution in [0.4, 0.5) is 0 Å². The van der Waals surface area contributed by atoms with Crippen LogP contribution in [-0.4, -0.2) is 58.3 Å². The SMILES string of the molecule is CCN(CC)C(CNC(=NC)NCc1ccc(S(C)(=O)=O)c(C)c1)CC(C)C.I. The number of aliphatic imine (C=N–C) groups is 1. The van der Waals surface area contributed by atoms with E-state index < -0.39 is 9.84 Å². The molecule has 0 fully saturated rings. The number of halogens is 1. The first kappa shape index (κ1) is 28.1. The van der Waals surface area contributed by atoms with Crippen molar-refractivity contribution in [1.29, 1.82) is 0 Å². The van der Waals surface area contributed by atoms with Crippen LogP contribution in [0.25, 0.3) is 0 Å². The van der Waals surface area contributed by atoms with Gasteiger partial charge in [0.25, 0.3) is 0 Å². The van der Waals surface area contributed by atoms with Gasteiger partial charge in [0.2, 0.25) is 0 Å². The lowest BCUT2D eigenvalue weighted by atomic mass is 10.0. The smallest absolute Gasteiger partial charge is 0.191 e. The molecule has 0 aliphatic carbocycles. The van der Waals surface area contributed by atoms with Crippen LogP contribution in [0.3, 0.4) is 0 Å². The van der Waals surface area contributed by atoms with Crippen LogP contribution in [-0.2, 0) is 16.4 Å². The first-order chi connectivity index (χ1) is 13.1. The zero-order chi connectivity index (χ0) is 21.3. The van der Waals surface area contributed by atoms with E-state index in [1.165, 1.54) is 6.26 Å². The molecule has 1 unspecified atom stereocenters. The van der Waals surface area contributed by atoms with Gasteiger partial charge in [-0.1, -0.05) is 39.8 Å². The highest BCUT2D eigenvalue weighted by Crippen LogP contribution is 2.16. The Bertz CT molecular complexity index is 747. The predicted octanol–water partition coefficient (Wildman–Crippen LogP) is 3.44. The Morgan fingerprint density at radius 2 is 1.79 bits per heavy atom. The number of hydrogen-bond acceptors (Lipinski definition) is 4. The van der Waals surface area contributed by atoms with Crippen molar-refractivity contribution in [3.05, 3.63) is 29.3 Å². The molecule has 1 aromatic rings. The van der Waals surface area contributed by atoms with E-state index >= 15 is 0 Å². The lowest BCUT2D eigenvalue weighted by Crippen LogP contribution is -2.47. The third kappa shape index (κ3) is 9.65. The van der Waals surface area contributed by atoms with Gasteiger partial charge in [0.1, 0.15) is 0 Å². The molecule has 0 aromatic heterocycles. The van der Waals surface area contributed by atoms with Gasteiger partial charge in [0, 0.05) is 32.4 Å². The van der Waals surface area contributed by atoms with Crippen molar-refractivity contribution < 1.29 is 8.42 Å². The van der Waals surface area contributed by atoms with Gasteiger partial charge in [-0.05, 0) is 49.5 Å². The minimum Gasteiger partial charge on any atom is -0.355 e. The van der Waals surface area contributed by atoms with Gasteiger partial charge in [-0.15, -0.1) is 24.0 Å². The topological polar surface area (TPSA) is 73.8 Å². The molecule has 1 atom stereocenters. The van der Waals surface area contributed by atoms with Crippen LogP contribution < -0.4 is 10.6 Å². The predicted molar refractivity (Wildman–Crippen MR) is 134 cm³/mol. The fourth-order valence-corrected chi connectivity index (χ4v) is 4.46. The molecule has 2 N–H and O–H groups in total. The second-order valence-electron chi connectivity index (χ2n) is 7.68. The van der Waals surface area contributed by atoms with Gasteiger partial charge in [-0.25, -0.2) is 8.42 Å². The Labute approximate surface area is 194 Å². The molecule has 6 nitrogen and oxygen atoms in total. The quantitative estimate of drug-likeness (QED) is 0.271. The van der Waals surface area contributed by atoms with Gasteiger partial charge < -0.3 is 10.6 Å². The molecular formula is C21H39IN4O2S. The maximum absolute atomic E-state index is 11.8. The van der Waals surface area contributed by atoms with Crippen molar-refractivity contribution in [1.82, 2.24) is 15.5 Å². The van der Waals surface area contributed by atoms with Crippen molar-refractivity contribution in [2.75, 3.05) is 32.9 Å². The highest BCUT2D eigenvalue weighted by atomic mass is 127. The van der Waals surface area contributed by atoms with Gasteiger partial charge in [-0.3, -0.25) is 9.89 Å². The third-order valence-electron chi connectivity index (χ3n) is 4.90. The Morgan fingerprint density at radius 1 is 1.17 bits per heavy atom. The molecule has 0 aliphatic heterocycles. The van der Waals surface area contributed by atoms with E-state index in [0.717, 1.165) is 43.1 Å². The minimum absolute atomic E-state index is 0. The monoisotopic (exact) mass is 538 g/mol. The second-order valence-corrected chi connectivity index (χ2v) is 9.67.